The van der Waals surface area contributed by atoms with Crippen LogP contribution in [0, 0.1) is 5.82 Å². The van der Waals surface area contributed by atoms with Crippen LogP contribution in [0.25, 0.3) is 0 Å². The second kappa shape index (κ2) is 5.00. The molecule has 7 heteroatoms. The smallest absolute Gasteiger partial charge is 0.325 e. The van der Waals surface area contributed by atoms with Crippen molar-refractivity contribution in [1.82, 2.24) is 10.2 Å². The minimum atomic E-state index is -0.878. The number of nitrogens with zero attached hydrogens (tertiary/aromatic N) is 1. The van der Waals surface area contributed by atoms with E-state index in [1.807, 2.05) is 0 Å². The molecule has 1 aromatic carbocycles. The van der Waals surface area contributed by atoms with E-state index in [2.05, 4.69) is 5.32 Å². The van der Waals surface area contributed by atoms with Gasteiger partial charge < -0.3 is 15.8 Å². The Bertz CT molecular complexity index is 599. The molecule has 0 radical (unpaired) electrons. The fraction of sp³-hybridized carbons (Fsp3) is 0.429. The molecule has 2 fully saturated rings. The molecule has 6 nitrogen and oxygen atoms in total. The highest BCUT2D eigenvalue weighted by Crippen LogP contribution is 2.30. The van der Waals surface area contributed by atoms with Crippen molar-refractivity contribution < 1.29 is 18.7 Å². The topological polar surface area (TPSA) is 84.7 Å². The molecule has 3 N–H and O–H groups in total. The standard InChI is InChI=1S/C14H16FN3O3/c15-10-1-2-11(16)9(7-10)8-18-12(19)14(17-13(18)20)3-5-21-6-4-14/h1-2,7H,3-6,8,16H2,(H,17,20). The number of halogens is 1. The number of hydrogen-bond donors (Lipinski definition) is 2. The first-order valence-corrected chi connectivity index (χ1v) is 6.78. The van der Waals surface area contributed by atoms with Gasteiger partial charge in [-0.1, -0.05) is 0 Å². The maximum Gasteiger partial charge on any atom is 0.325 e. The van der Waals surface area contributed by atoms with E-state index in [0.29, 0.717) is 37.3 Å². The predicted octanol–water partition coefficient (Wildman–Crippen LogP) is 1.01. The maximum absolute atomic E-state index is 13.3. The summed E-state index contributed by atoms with van der Waals surface area (Å²) < 4.78 is 18.5. The Morgan fingerprint density at radius 2 is 2.05 bits per heavy atom. The van der Waals surface area contributed by atoms with Crippen LogP contribution in [0.1, 0.15) is 18.4 Å². The second-order valence-electron chi connectivity index (χ2n) is 5.36. The molecule has 2 aliphatic rings. The number of benzene rings is 1. The number of nitrogen functional groups attached to an aromatic ring is 1. The highest BCUT2D eigenvalue weighted by molar-refractivity contribution is 6.07. The van der Waals surface area contributed by atoms with Crippen molar-refractivity contribution >= 4 is 17.6 Å². The Kier molecular flexibility index (Phi) is 3.29. The predicted molar refractivity (Wildman–Crippen MR) is 72.7 cm³/mol. The molecule has 3 rings (SSSR count). The van der Waals surface area contributed by atoms with Crippen molar-refractivity contribution in [1.29, 1.82) is 0 Å². The van der Waals surface area contributed by atoms with E-state index in [1.54, 1.807) is 0 Å². The minimum Gasteiger partial charge on any atom is -0.398 e. The number of nitrogens with one attached hydrogen (secondary N) is 1. The number of carbonyl (C=O) groups excluding carboxylic acids is 2. The lowest BCUT2D eigenvalue weighted by Crippen LogP contribution is -2.51. The molecule has 0 aliphatic carbocycles. The van der Waals surface area contributed by atoms with Crippen molar-refractivity contribution in [2.45, 2.75) is 24.9 Å². The number of nitrogens with two attached hydrogens (primary N) is 1. The Labute approximate surface area is 121 Å². The summed E-state index contributed by atoms with van der Waals surface area (Å²) in [5, 5.41) is 2.75. The number of rotatable bonds is 2. The minimum absolute atomic E-state index is 0.0309. The van der Waals surface area contributed by atoms with Crippen molar-refractivity contribution in [3.63, 3.8) is 0 Å². The largest absolute Gasteiger partial charge is 0.398 e. The van der Waals surface area contributed by atoms with Gasteiger partial charge in [0.15, 0.2) is 0 Å². The van der Waals surface area contributed by atoms with E-state index in [1.165, 1.54) is 18.2 Å². The molecule has 0 atom stereocenters. The lowest BCUT2D eigenvalue weighted by atomic mass is 9.90. The van der Waals surface area contributed by atoms with Gasteiger partial charge in [-0.15, -0.1) is 0 Å². The highest BCUT2D eigenvalue weighted by atomic mass is 19.1. The number of carbonyl (C=O) groups is 2. The van der Waals surface area contributed by atoms with Gasteiger partial charge >= 0.3 is 6.03 Å². The molecule has 0 unspecified atom stereocenters. The van der Waals surface area contributed by atoms with Crippen LogP contribution in [-0.4, -0.2) is 35.6 Å². The highest BCUT2D eigenvalue weighted by Gasteiger charge is 2.51. The summed E-state index contributed by atoms with van der Waals surface area (Å²) in [7, 11) is 0. The Hall–Kier alpha value is -2.15. The molecule has 0 saturated carbocycles. The van der Waals surface area contributed by atoms with Gasteiger partial charge in [0, 0.05) is 31.7 Å². The molecule has 0 bridgehead atoms. The molecule has 3 amide bonds. The molecule has 1 spiro atoms. The number of amides is 3. The van der Waals surface area contributed by atoms with Crippen LogP contribution >= 0.6 is 0 Å². The van der Waals surface area contributed by atoms with Crippen LogP contribution in [0.3, 0.4) is 0 Å². The zero-order valence-electron chi connectivity index (χ0n) is 11.4. The Morgan fingerprint density at radius 1 is 1.33 bits per heavy atom. The molecule has 0 aromatic heterocycles. The number of hydrogen-bond acceptors (Lipinski definition) is 4. The molecule has 2 heterocycles. The third kappa shape index (κ3) is 2.33. The van der Waals surface area contributed by atoms with Crippen LogP contribution in [0.4, 0.5) is 14.9 Å². The van der Waals surface area contributed by atoms with E-state index in [-0.39, 0.29) is 12.5 Å². The van der Waals surface area contributed by atoms with Crippen molar-refractivity contribution in [3.8, 4) is 0 Å². The van der Waals surface area contributed by atoms with Gasteiger partial charge in [0.25, 0.3) is 5.91 Å². The molecular weight excluding hydrogens is 277 g/mol. The fourth-order valence-electron chi connectivity index (χ4n) is 2.76. The first-order chi connectivity index (χ1) is 10.0. The molecule has 1 aromatic rings. The van der Waals surface area contributed by atoms with Gasteiger partial charge in [0.1, 0.15) is 11.4 Å². The average Bonchev–Trinajstić information content (AvgIpc) is 2.68. The zero-order chi connectivity index (χ0) is 15.0. The van der Waals surface area contributed by atoms with Gasteiger partial charge in [0.05, 0.1) is 6.54 Å². The number of urea groups is 1. The first kappa shape index (κ1) is 13.8. The van der Waals surface area contributed by atoms with Crippen LogP contribution in [0.15, 0.2) is 18.2 Å². The first-order valence-electron chi connectivity index (χ1n) is 6.78. The van der Waals surface area contributed by atoms with Crippen molar-refractivity contribution in [2.24, 2.45) is 0 Å². The molecule has 21 heavy (non-hydrogen) atoms. The van der Waals surface area contributed by atoms with Crippen LogP contribution < -0.4 is 11.1 Å². The van der Waals surface area contributed by atoms with Crippen LogP contribution in [0.5, 0.6) is 0 Å². The monoisotopic (exact) mass is 293 g/mol. The van der Waals surface area contributed by atoms with E-state index in [9.17, 15) is 14.0 Å². The van der Waals surface area contributed by atoms with E-state index in [0.717, 1.165) is 4.90 Å². The summed E-state index contributed by atoms with van der Waals surface area (Å²) >= 11 is 0. The van der Waals surface area contributed by atoms with Gasteiger partial charge in [0.2, 0.25) is 0 Å². The van der Waals surface area contributed by atoms with E-state index < -0.39 is 17.4 Å². The molecule has 2 aliphatic heterocycles. The summed E-state index contributed by atoms with van der Waals surface area (Å²) in [6.45, 7) is 0.834. The fourth-order valence-corrected chi connectivity index (χ4v) is 2.76. The van der Waals surface area contributed by atoms with Gasteiger partial charge in [-0.05, 0) is 23.8 Å². The normalized spacial score (nSPS) is 20.9. The van der Waals surface area contributed by atoms with Crippen LogP contribution in [-0.2, 0) is 16.1 Å². The second-order valence-corrected chi connectivity index (χ2v) is 5.36. The Morgan fingerprint density at radius 3 is 2.76 bits per heavy atom. The number of imide groups is 1. The number of ether oxygens (including phenoxy) is 1. The average molecular weight is 293 g/mol. The van der Waals surface area contributed by atoms with E-state index in [4.69, 9.17) is 10.5 Å². The SMILES string of the molecule is Nc1ccc(F)cc1CN1C(=O)NC2(CCOCC2)C1=O. The maximum atomic E-state index is 13.3. The van der Waals surface area contributed by atoms with Crippen molar-refractivity contribution in [2.75, 3.05) is 18.9 Å². The summed E-state index contributed by atoms with van der Waals surface area (Å²) in [6, 6.07) is 3.44. The molecular formula is C14H16FN3O3. The third-order valence-corrected chi connectivity index (χ3v) is 4.03. The van der Waals surface area contributed by atoms with Gasteiger partial charge in [-0.25, -0.2) is 9.18 Å². The summed E-state index contributed by atoms with van der Waals surface area (Å²) in [6.07, 6.45) is 0.902. The van der Waals surface area contributed by atoms with E-state index >= 15 is 0 Å². The lowest BCUT2D eigenvalue weighted by molar-refractivity contribution is -0.134. The summed E-state index contributed by atoms with van der Waals surface area (Å²) in [5.41, 5.74) is 5.67. The van der Waals surface area contributed by atoms with Gasteiger partial charge in [-0.3, -0.25) is 9.69 Å². The van der Waals surface area contributed by atoms with Gasteiger partial charge in [-0.2, -0.15) is 0 Å². The van der Waals surface area contributed by atoms with Crippen LogP contribution in [0.2, 0.25) is 0 Å². The molecule has 112 valence electrons. The molecule has 2 saturated heterocycles. The quantitative estimate of drug-likeness (QED) is 0.629. The Balaban J connectivity index is 1.84. The summed E-state index contributed by atoms with van der Waals surface area (Å²) in [4.78, 5) is 25.7. The summed E-state index contributed by atoms with van der Waals surface area (Å²) in [5.74, 6) is -0.744. The zero-order valence-corrected chi connectivity index (χ0v) is 11.4. The third-order valence-electron chi connectivity index (χ3n) is 4.03. The van der Waals surface area contributed by atoms with Crippen molar-refractivity contribution in [3.05, 3.63) is 29.6 Å². The number of anilines is 1. The lowest BCUT2D eigenvalue weighted by Gasteiger charge is -2.30.